The van der Waals surface area contributed by atoms with Crippen LogP contribution < -0.4 is 10.5 Å². The lowest BCUT2D eigenvalue weighted by Crippen LogP contribution is -2.05. The molecule has 0 saturated heterocycles. The Kier molecular flexibility index (Phi) is 5.67. The van der Waals surface area contributed by atoms with Crippen LogP contribution in [0.3, 0.4) is 0 Å². The van der Waals surface area contributed by atoms with E-state index in [0.29, 0.717) is 29.8 Å². The highest BCUT2D eigenvalue weighted by Crippen LogP contribution is 2.41. The van der Waals surface area contributed by atoms with Crippen LogP contribution in [0.15, 0.2) is 36.4 Å². The lowest BCUT2D eigenvalue weighted by atomic mass is 9.99. The zero-order valence-corrected chi connectivity index (χ0v) is 15.5. The zero-order chi connectivity index (χ0) is 19.6. The van der Waals surface area contributed by atoms with Gasteiger partial charge in [-0.15, -0.1) is 0 Å². The van der Waals surface area contributed by atoms with E-state index in [1.54, 1.807) is 25.3 Å². The molecule has 7 heteroatoms. The van der Waals surface area contributed by atoms with Crippen molar-refractivity contribution in [3.63, 3.8) is 0 Å². The molecule has 0 amide bonds. The molecule has 3 rings (SSSR count). The fraction of sp³-hybridized carbons (Fsp3) is 0.300. The molecule has 0 aliphatic carbocycles. The number of halogens is 4. The van der Waals surface area contributed by atoms with Gasteiger partial charge in [-0.25, -0.2) is 0 Å². The summed E-state index contributed by atoms with van der Waals surface area (Å²) < 4.78 is 45.8. The number of hydrogen-bond donors (Lipinski definition) is 2. The Balaban J connectivity index is 2.22. The van der Waals surface area contributed by atoms with E-state index >= 15 is 0 Å². The highest BCUT2D eigenvalue weighted by molar-refractivity contribution is 6.31. The molecule has 2 aromatic carbocycles. The fourth-order valence-electron chi connectivity index (χ4n) is 3.25. The molecule has 3 aromatic rings. The first-order valence-electron chi connectivity index (χ1n) is 8.61. The Bertz CT molecular complexity index is 933. The van der Waals surface area contributed by atoms with Gasteiger partial charge in [0.05, 0.1) is 18.2 Å². The van der Waals surface area contributed by atoms with Crippen molar-refractivity contribution in [1.82, 2.24) is 4.98 Å². The molecule has 0 atom stereocenters. The predicted octanol–water partition coefficient (Wildman–Crippen LogP) is 5.80. The second-order valence-electron chi connectivity index (χ2n) is 6.33. The Hall–Kier alpha value is -2.18. The fourth-order valence-corrected chi connectivity index (χ4v) is 3.47. The van der Waals surface area contributed by atoms with Crippen molar-refractivity contribution in [3.8, 4) is 17.0 Å². The molecule has 0 radical (unpaired) electrons. The van der Waals surface area contributed by atoms with Crippen LogP contribution in [0.4, 0.5) is 13.2 Å². The van der Waals surface area contributed by atoms with Crippen molar-refractivity contribution in [2.24, 2.45) is 5.73 Å². The number of aryl methyl sites for hydroxylation is 1. The van der Waals surface area contributed by atoms with Gasteiger partial charge in [-0.1, -0.05) is 11.6 Å². The van der Waals surface area contributed by atoms with Gasteiger partial charge < -0.3 is 15.5 Å². The summed E-state index contributed by atoms with van der Waals surface area (Å²) in [4.78, 5) is 3.00. The Labute approximate surface area is 160 Å². The van der Waals surface area contributed by atoms with Gasteiger partial charge in [0.15, 0.2) is 0 Å². The molecule has 1 aromatic heterocycles. The molecule has 0 unspecified atom stereocenters. The van der Waals surface area contributed by atoms with E-state index in [0.717, 1.165) is 30.0 Å². The highest BCUT2D eigenvalue weighted by Gasteiger charge is 2.34. The normalized spacial score (nSPS) is 11.9. The average Bonchev–Trinajstić information content (AvgIpc) is 2.99. The van der Waals surface area contributed by atoms with Crippen LogP contribution in [-0.4, -0.2) is 18.6 Å². The van der Waals surface area contributed by atoms with Crippen molar-refractivity contribution >= 4 is 22.5 Å². The van der Waals surface area contributed by atoms with Crippen LogP contribution in [0.5, 0.6) is 5.75 Å². The molecule has 3 nitrogen and oxygen atoms in total. The summed E-state index contributed by atoms with van der Waals surface area (Å²) in [5, 5.41) is 0.563. The van der Waals surface area contributed by atoms with Crippen LogP contribution in [0.1, 0.15) is 24.0 Å². The van der Waals surface area contributed by atoms with Gasteiger partial charge in [0.1, 0.15) is 5.75 Å². The number of rotatable bonds is 6. The predicted molar refractivity (Wildman–Crippen MR) is 102 cm³/mol. The number of H-pyrrole nitrogens is 1. The summed E-state index contributed by atoms with van der Waals surface area (Å²) >= 11 is 6.01. The molecule has 0 aliphatic heterocycles. The minimum Gasteiger partial charge on any atom is -0.497 e. The molecule has 0 saturated carbocycles. The smallest absolute Gasteiger partial charge is 0.418 e. The van der Waals surface area contributed by atoms with Gasteiger partial charge in [-0.3, -0.25) is 0 Å². The number of nitrogens with one attached hydrogen (secondary N) is 1. The van der Waals surface area contributed by atoms with Crippen LogP contribution in [0.25, 0.3) is 22.2 Å². The van der Waals surface area contributed by atoms with Gasteiger partial charge >= 0.3 is 6.18 Å². The summed E-state index contributed by atoms with van der Waals surface area (Å²) in [5.41, 5.74) is 7.14. The quantitative estimate of drug-likeness (QED) is 0.517. The number of ether oxygens (including phenoxy) is 1. The van der Waals surface area contributed by atoms with E-state index in [2.05, 4.69) is 4.98 Å². The monoisotopic (exact) mass is 396 g/mol. The van der Waals surface area contributed by atoms with E-state index in [1.807, 2.05) is 12.1 Å². The van der Waals surface area contributed by atoms with Crippen molar-refractivity contribution in [2.45, 2.75) is 25.4 Å². The number of methoxy groups -OCH3 is 1. The van der Waals surface area contributed by atoms with E-state index in [4.69, 9.17) is 22.1 Å². The standard InChI is InChI=1S/C20H20ClF3N2O/c1-27-14-7-5-12(6-8-14)18-15(4-2-3-9-25)16-10-13(21)11-17(19(16)26-18)20(22,23)24/h5-8,10-11,26H,2-4,9,25H2,1H3. The first-order valence-corrected chi connectivity index (χ1v) is 8.98. The van der Waals surface area contributed by atoms with Crippen LogP contribution in [0.2, 0.25) is 5.02 Å². The number of benzene rings is 2. The minimum absolute atomic E-state index is 0.0560. The number of alkyl halides is 3. The molecule has 27 heavy (non-hydrogen) atoms. The van der Waals surface area contributed by atoms with Crippen molar-refractivity contribution in [3.05, 3.63) is 52.5 Å². The third-order valence-electron chi connectivity index (χ3n) is 4.55. The van der Waals surface area contributed by atoms with Gasteiger partial charge in [-0.05, 0) is 73.3 Å². The lowest BCUT2D eigenvalue weighted by Gasteiger charge is -2.09. The number of aromatic nitrogens is 1. The second kappa shape index (κ2) is 7.82. The van der Waals surface area contributed by atoms with Gasteiger partial charge in [0.2, 0.25) is 0 Å². The number of nitrogens with two attached hydrogens (primary N) is 1. The lowest BCUT2D eigenvalue weighted by molar-refractivity contribution is -0.136. The summed E-state index contributed by atoms with van der Waals surface area (Å²) in [7, 11) is 1.56. The topological polar surface area (TPSA) is 51.0 Å². The van der Waals surface area contributed by atoms with Crippen molar-refractivity contribution in [1.29, 1.82) is 0 Å². The first kappa shape index (κ1) is 19.6. The highest BCUT2D eigenvalue weighted by atomic mass is 35.5. The molecule has 144 valence electrons. The molecule has 0 aliphatic rings. The largest absolute Gasteiger partial charge is 0.497 e. The molecular formula is C20H20ClF3N2O. The van der Waals surface area contributed by atoms with Crippen molar-refractivity contribution < 1.29 is 17.9 Å². The number of unbranched alkanes of at least 4 members (excludes halogenated alkanes) is 1. The van der Waals surface area contributed by atoms with Crippen LogP contribution in [0, 0.1) is 0 Å². The SMILES string of the molecule is COc1ccc(-c2[nH]c3c(C(F)(F)F)cc(Cl)cc3c2CCCCN)cc1. The van der Waals surface area contributed by atoms with E-state index in [-0.39, 0.29) is 10.5 Å². The number of hydrogen-bond acceptors (Lipinski definition) is 2. The Morgan fingerprint density at radius 2 is 1.81 bits per heavy atom. The Morgan fingerprint density at radius 1 is 1.11 bits per heavy atom. The molecule has 1 heterocycles. The van der Waals surface area contributed by atoms with E-state index in [1.165, 1.54) is 0 Å². The summed E-state index contributed by atoms with van der Waals surface area (Å²) in [6, 6.07) is 9.76. The second-order valence-corrected chi connectivity index (χ2v) is 6.76. The van der Waals surface area contributed by atoms with E-state index < -0.39 is 11.7 Å². The third-order valence-corrected chi connectivity index (χ3v) is 4.76. The molecule has 0 fully saturated rings. The Morgan fingerprint density at radius 3 is 2.41 bits per heavy atom. The van der Waals surface area contributed by atoms with Crippen LogP contribution in [-0.2, 0) is 12.6 Å². The summed E-state index contributed by atoms with van der Waals surface area (Å²) in [6.45, 7) is 0.536. The zero-order valence-electron chi connectivity index (χ0n) is 14.8. The maximum absolute atomic E-state index is 13.5. The van der Waals surface area contributed by atoms with Gasteiger partial charge in [0.25, 0.3) is 0 Å². The van der Waals surface area contributed by atoms with Gasteiger partial charge in [-0.2, -0.15) is 13.2 Å². The minimum atomic E-state index is -4.50. The molecule has 3 N–H and O–H groups in total. The van der Waals surface area contributed by atoms with E-state index in [9.17, 15) is 13.2 Å². The first-order chi connectivity index (χ1) is 12.8. The summed E-state index contributed by atoms with van der Waals surface area (Å²) in [6.07, 6.45) is -2.32. The molecular weight excluding hydrogens is 377 g/mol. The van der Waals surface area contributed by atoms with Crippen molar-refractivity contribution in [2.75, 3.05) is 13.7 Å². The molecule has 0 spiro atoms. The number of aromatic amines is 1. The maximum atomic E-state index is 13.5. The maximum Gasteiger partial charge on any atom is 0.418 e. The van der Waals surface area contributed by atoms with Crippen LogP contribution >= 0.6 is 11.6 Å². The summed E-state index contributed by atoms with van der Waals surface area (Å²) in [5.74, 6) is 0.679. The average molecular weight is 397 g/mol. The van der Waals surface area contributed by atoms with Gasteiger partial charge in [0, 0.05) is 16.1 Å². The third kappa shape index (κ3) is 4.06. The molecule has 0 bridgehead atoms. The number of fused-ring (bicyclic) bond motifs is 1.